The van der Waals surface area contributed by atoms with E-state index < -0.39 is 20.9 Å². The van der Waals surface area contributed by atoms with Crippen LogP contribution in [-0.4, -0.2) is 71.8 Å². The standard InChI is InChI=1S/C20H23N3O5S/c1-14-9-17(21-28-14)19(24)22-11-16-10-18-20(12-22,27-16)13-23(29(18,25)26)8-7-15-5-3-2-4-6-15/h2-6,9,16,18H,7-8,10-13H2,1H3/t16-,18+,20+/m1/s1. The normalized spacial score (nSPS) is 30.4. The second-order valence-corrected chi connectivity index (χ2v) is 10.3. The van der Waals surface area contributed by atoms with Gasteiger partial charge < -0.3 is 14.2 Å². The molecule has 3 atom stereocenters. The van der Waals surface area contributed by atoms with Crippen molar-refractivity contribution in [3.63, 3.8) is 0 Å². The zero-order valence-electron chi connectivity index (χ0n) is 16.2. The Labute approximate surface area is 169 Å². The van der Waals surface area contributed by atoms with Gasteiger partial charge in [0, 0.05) is 25.7 Å². The summed E-state index contributed by atoms with van der Waals surface area (Å²) >= 11 is 0. The van der Waals surface area contributed by atoms with Gasteiger partial charge in [0.1, 0.15) is 16.6 Å². The smallest absolute Gasteiger partial charge is 0.276 e. The highest BCUT2D eigenvalue weighted by Crippen LogP contribution is 2.46. The summed E-state index contributed by atoms with van der Waals surface area (Å²) in [4.78, 5) is 14.5. The fourth-order valence-corrected chi connectivity index (χ4v) is 7.14. The third-order valence-electron chi connectivity index (χ3n) is 6.14. The van der Waals surface area contributed by atoms with Crippen LogP contribution in [0.2, 0.25) is 0 Å². The van der Waals surface area contributed by atoms with Crippen LogP contribution in [0.1, 0.15) is 28.2 Å². The monoisotopic (exact) mass is 417 g/mol. The summed E-state index contributed by atoms with van der Waals surface area (Å²) in [6.45, 7) is 3.05. The number of aryl methyl sites for hydroxylation is 1. The highest BCUT2D eigenvalue weighted by Gasteiger charge is 2.65. The Morgan fingerprint density at radius 1 is 1.28 bits per heavy atom. The first-order chi connectivity index (χ1) is 13.9. The number of carbonyl (C=O) groups excluding carboxylic acids is 1. The summed E-state index contributed by atoms with van der Waals surface area (Å²) in [5.74, 6) is 0.325. The molecule has 0 N–H and O–H groups in total. The summed E-state index contributed by atoms with van der Waals surface area (Å²) < 4.78 is 39.1. The lowest BCUT2D eigenvalue weighted by Gasteiger charge is -2.39. The molecule has 0 aliphatic carbocycles. The van der Waals surface area contributed by atoms with Gasteiger partial charge in [-0.3, -0.25) is 4.79 Å². The largest absolute Gasteiger partial charge is 0.365 e. The van der Waals surface area contributed by atoms with E-state index in [2.05, 4.69) is 5.16 Å². The van der Waals surface area contributed by atoms with Crippen LogP contribution in [0.25, 0.3) is 0 Å². The maximum absolute atomic E-state index is 13.2. The number of nitrogens with zero attached hydrogens (tertiary/aromatic N) is 3. The molecule has 9 heteroatoms. The summed E-state index contributed by atoms with van der Waals surface area (Å²) in [6, 6.07) is 11.4. The Morgan fingerprint density at radius 3 is 2.79 bits per heavy atom. The van der Waals surface area contributed by atoms with Gasteiger partial charge in [-0.2, -0.15) is 4.31 Å². The highest BCUT2D eigenvalue weighted by molar-refractivity contribution is 7.90. The Kier molecular flexibility index (Phi) is 4.30. The van der Waals surface area contributed by atoms with Crippen molar-refractivity contribution in [2.45, 2.75) is 36.7 Å². The number of aromatic nitrogens is 1. The lowest BCUT2D eigenvalue weighted by Crippen LogP contribution is -2.56. The second-order valence-electron chi connectivity index (χ2n) is 8.15. The zero-order chi connectivity index (χ0) is 20.2. The van der Waals surface area contributed by atoms with E-state index in [4.69, 9.17) is 9.26 Å². The second kappa shape index (κ2) is 6.65. The Morgan fingerprint density at radius 2 is 2.07 bits per heavy atom. The molecule has 2 aromatic rings. The fourth-order valence-electron chi connectivity index (χ4n) is 4.83. The molecule has 0 unspecified atom stereocenters. The van der Waals surface area contributed by atoms with Crippen LogP contribution < -0.4 is 0 Å². The SMILES string of the molecule is Cc1cc(C(=O)N2C[C@H]3C[C@H]4[C@](C2)(CN(CCc2ccccc2)S4(=O)=O)O3)no1. The quantitative estimate of drug-likeness (QED) is 0.743. The van der Waals surface area contributed by atoms with Crippen LogP contribution in [-0.2, 0) is 21.2 Å². The van der Waals surface area contributed by atoms with Gasteiger partial charge in [-0.1, -0.05) is 35.5 Å². The maximum Gasteiger partial charge on any atom is 0.276 e. The lowest BCUT2D eigenvalue weighted by atomic mass is 9.99. The molecule has 2 bridgehead atoms. The third-order valence-corrected chi connectivity index (χ3v) is 8.51. The number of benzene rings is 1. The number of sulfonamides is 1. The Balaban J connectivity index is 1.36. The van der Waals surface area contributed by atoms with Gasteiger partial charge in [0.25, 0.3) is 5.91 Å². The van der Waals surface area contributed by atoms with E-state index in [-0.39, 0.29) is 30.8 Å². The van der Waals surface area contributed by atoms with Gasteiger partial charge in [-0.25, -0.2) is 8.42 Å². The highest BCUT2D eigenvalue weighted by atomic mass is 32.2. The number of amides is 1. The predicted octanol–water partition coefficient (Wildman–Crippen LogP) is 1.22. The van der Waals surface area contributed by atoms with E-state index in [9.17, 15) is 13.2 Å². The van der Waals surface area contributed by atoms with E-state index in [1.165, 1.54) is 4.31 Å². The first-order valence-electron chi connectivity index (χ1n) is 9.81. The molecule has 8 nitrogen and oxygen atoms in total. The lowest BCUT2D eigenvalue weighted by molar-refractivity contribution is -0.0977. The molecule has 1 aromatic heterocycles. The van der Waals surface area contributed by atoms with Crippen LogP contribution in [0.3, 0.4) is 0 Å². The van der Waals surface area contributed by atoms with Gasteiger partial charge in [0.2, 0.25) is 10.0 Å². The Bertz CT molecular complexity index is 1040. The van der Waals surface area contributed by atoms with Gasteiger partial charge >= 0.3 is 0 Å². The molecule has 29 heavy (non-hydrogen) atoms. The van der Waals surface area contributed by atoms with Crippen molar-refractivity contribution in [1.82, 2.24) is 14.4 Å². The van der Waals surface area contributed by atoms with Crippen molar-refractivity contribution in [2.75, 3.05) is 26.2 Å². The number of morpholine rings is 1. The van der Waals surface area contributed by atoms with Crippen LogP contribution in [0, 0.1) is 6.92 Å². The number of fused-ring (bicyclic) bond motifs is 1. The van der Waals surface area contributed by atoms with Crippen LogP contribution in [0.5, 0.6) is 0 Å². The summed E-state index contributed by atoms with van der Waals surface area (Å²) in [7, 11) is -3.47. The van der Waals surface area contributed by atoms with Gasteiger partial charge in [-0.15, -0.1) is 0 Å². The molecular formula is C20H23N3O5S. The molecule has 1 amide bonds. The van der Waals surface area contributed by atoms with Crippen molar-refractivity contribution < 1.29 is 22.5 Å². The predicted molar refractivity (Wildman–Crippen MR) is 104 cm³/mol. The number of hydrogen-bond donors (Lipinski definition) is 0. The minimum atomic E-state index is -3.47. The van der Waals surface area contributed by atoms with Crippen LogP contribution in [0.4, 0.5) is 0 Å². The molecule has 5 rings (SSSR count). The number of likely N-dealkylation sites (tertiary alicyclic amines) is 1. The molecule has 154 valence electrons. The number of hydrogen-bond acceptors (Lipinski definition) is 6. The van der Waals surface area contributed by atoms with Crippen LogP contribution in [0.15, 0.2) is 40.9 Å². The van der Waals surface area contributed by atoms with E-state index in [0.717, 1.165) is 5.56 Å². The molecule has 0 radical (unpaired) electrons. The van der Waals surface area contributed by atoms with Crippen LogP contribution >= 0.6 is 0 Å². The zero-order valence-corrected chi connectivity index (χ0v) is 17.0. The van der Waals surface area contributed by atoms with Crippen molar-refractivity contribution in [2.24, 2.45) is 0 Å². The molecule has 1 spiro atoms. The first-order valence-corrected chi connectivity index (χ1v) is 11.3. The van der Waals surface area contributed by atoms with Crippen molar-refractivity contribution in [3.05, 3.63) is 53.4 Å². The number of rotatable bonds is 4. The number of carbonyl (C=O) groups is 1. The van der Waals surface area contributed by atoms with E-state index in [0.29, 0.717) is 31.7 Å². The van der Waals surface area contributed by atoms with E-state index >= 15 is 0 Å². The minimum absolute atomic E-state index is 0.240. The summed E-state index contributed by atoms with van der Waals surface area (Å²) in [5, 5.41) is 3.21. The molecule has 3 fully saturated rings. The molecule has 3 aliphatic rings. The molecule has 3 aliphatic heterocycles. The molecular weight excluding hydrogens is 394 g/mol. The number of ether oxygens (including phenoxy) is 1. The van der Waals surface area contributed by atoms with Crippen molar-refractivity contribution >= 4 is 15.9 Å². The van der Waals surface area contributed by atoms with Crippen molar-refractivity contribution in [3.8, 4) is 0 Å². The molecule has 1 aromatic carbocycles. The van der Waals surface area contributed by atoms with Gasteiger partial charge in [0.15, 0.2) is 5.69 Å². The molecule has 0 saturated carbocycles. The summed E-state index contributed by atoms with van der Waals surface area (Å²) in [6.07, 6.45) is 0.802. The van der Waals surface area contributed by atoms with Crippen molar-refractivity contribution in [1.29, 1.82) is 0 Å². The fraction of sp³-hybridized carbons (Fsp3) is 0.500. The average Bonchev–Trinajstić information content (AvgIpc) is 3.31. The van der Waals surface area contributed by atoms with E-state index in [1.807, 2.05) is 30.3 Å². The third kappa shape index (κ3) is 3.08. The molecule has 4 heterocycles. The maximum atomic E-state index is 13.2. The van der Waals surface area contributed by atoms with E-state index in [1.54, 1.807) is 17.9 Å². The Hall–Kier alpha value is -2.23. The van der Waals surface area contributed by atoms with Gasteiger partial charge in [-0.05, 0) is 25.3 Å². The molecule has 3 saturated heterocycles. The average molecular weight is 417 g/mol. The topological polar surface area (TPSA) is 93.0 Å². The van der Waals surface area contributed by atoms with Gasteiger partial charge in [0.05, 0.1) is 12.6 Å². The summed E-state index contributed by atoms with van der Waals surface area (Å²) in [5.41, 5.74) is 0.476. The first kappa shape index (κ1) is 18.8. The minimum Gasteiger partial charge on any atom is -0.365 e.